The number of benzene rings is 1. The summed E-state index contributed by atoms with van der Waals surface area (Å²) in [5.41, 5.74) is 1.72. The maximum Gasteiger partial charge on any atom is 0.218 e. The van der Waals surface area contributed by atoms with Crippen LogP contribution >= 0.6 is 0 Å². The Bertz CT molecular complexity index is 665. The second-order valence-electron chi connectivity index (χ2n) is 4.79. The molecule has 2 aromatic rings. The van der Waals surface area contributed by atoms with Crippen LogP contribution in [0, 0.1) is 17.1 Å². The van der Waals surface area contributed by atoms with Gasteiger partial charge in [-0.2, -0.15) is 5.26 Å². The number of hydrogen-bond donors (Lipinski definition) is 1. The Balaban J connectivity index is 2.15. The third-order valence-corrected chi connectivity index (χ3v) is 2.77. The summed E-state index contributed by atoms with van der Waals surface area (Å²) < 4.78 is 18.7. The molecule has 0 aliphatic rings. The van der Waals surface area contributed by atoms with Crippen LogP contribution in [0.3, 0.4) is 0 Å². The van der Waals surface area contributed by atoms with Crippen molar-refractivity contribution in [2.45, 2.75) is 26.5 Å². The Morgan fingerprint density at radius 2 is 2.19 bits per heavy atom. The van der Waals surface area contributed by atoms with Crippen LogP contribution in [-0.2, 0) is 6.54 Å². The van der Waals surface area contributed by atoms with Gasteiger partial charge in [0.2, 0.25) is 5.88 Å². The van der Waals surface area contributed by atoms with E-state index >= 15 is 0 Å². The number of aromatic nitrogens is 1. The summed E-state index contributed by atoms with van der Waals surface area (Å²) in [6, 6.07) is 9.76. The van der Waals surface area contributed by atoms with E-state index in [9.17, 15) is 4.39 Å². The van der Waals surface area contributed by atoms with E-state index in [1.54, 1.807) is 12.3 Å². The average molecular weight is 285 g/mol. The monoisotopic (exact) mass is 285 g/mol. The Morgan fingerprint density at radius 3 is 2.90 bits per heavy atom. The standard InChI is InChI=1S/C16H16FN3O/c1-11(2)21-16-12(4-3-7-19-16)10-20-15-6-5-14(17)8-13(15)9-18/h3-8,11,20H,10H2,1-2H3. The maximum absolute atomic E-state index is 13.1. The molecule has 0 atom stereocenters. The van der Waals surface area contributed by atoms with Crippen LogP contribution in [0.2, 0.25) is 0 Å². The molecule has 0 aliphatic carbocycles. The van der Waals surface area contributed by atoms with Crippen molar-refractivity contribution in [3.63, 3.8) is 0 Å². The van der Waals surface area contributed by atoms with Crippen LogP contribution in [0.15, 0.2) is 36.5 Å². The largest absolute Gasteiger partial charge is 0.475 e. The molecule has 1 N–H and O–H groups in total. The van der Waals surface area contributed by atoms with Gasteiger partial charge in [-0.1, -0.05) is 6.07 Å². The molecule has 2 rings (SSSR count). The third-order valence-electron chi connectivity index (χ3n) is 2.77. The molecule has 0 radical (unpaired) electrons. The summed E-state index contributed by atoms with van der Waals surface area (Å²) in [5, 5.41) is 12.1. The van der Waals surface area contributed by atoms with E-state index in [4.69, 9.17) is 10.00 Å². The predicted molar refractivity (Wildman–Crippen MR) is 78.4 cm³/mol. The number of nitriles is 1. The van der Waals surface area contributed by atoms with Crippen molar-refractivity contribution in [3.8, 4) is 11.9 Å². The van der Waals surface area contributed by atoms with E-state index in [-0.39, 0.29) is 11.7 Å². The molecule has 21 heavy (non-hydrogen) atoms. The van der Waals surface area contributed by atoms with Crippen LogP contribution < -0.4 is 10.1 Å². The van der Waals surface area contributed by atoms with Crippen molar-refractivity contribution in [3.05, 3.63) is 53.5 Å². The van der Waals surface area contributed by atoms with E-state index in [1.165, 1.54) is 12.1 Å². The zero-order valence-electron chi connectivity index (χ0n) is 11.9. The van der Waals surface area contributed by atoms with Crippen LogP contribution in [0.4, 0.5) is 10.1 Å². The Kier molecular flexibility index (Phi) is 4.72. The van der Waals surface area contributed by atoms with Gasteiger partial charge in [0.1, 0.15) is 11.9 Å². The summed E-state index contributed by atoms with van der Waals surface area (Å²) in [6.45, 7) is 4.30. The van der Waals surface area contributed by atoms with Gasteiger partial charge in [0, 0.05) is 18.3 Å². The lowest BCUT2D eigenvalue weighted by Crippen LogP contribution is -2.11. The fourth-order valence-corrected chi connectivity index (χ4v) is 1.84. The van der Waals surface area contributed by atoms with E-state index in [2.05, 4.69) is 10.3 Å². The molecule has 0 spiro atoms. The summed E-state index contributed by atoms with van der Waals surface area (Å²) in [4.78, 5) is 4.20. The highest BCUT2D eigenvalue weighted by Crippen LogP contribution is 2.20. The van der Waals surface area contributed by atoms with Crippen LogP contribution in [0.5, 0.6) is 5.88 Å². The van der Waals surface area contributed by atoms with Gasteiger partial charge in [-0.3, -0.25) is 0 Å². The molecule has 5 heteroatoms. The fraction of sp³-hybridized carbons (Fsp3) is 0.250. The second kappa shape index (κ2) is 6.71. The Hall–Kier alpha value is -2.61. The van der Waals surface area contributed by atoms with Gasteiger partial charge < -0.3 is 10.1 Å². The number of hydrogen-bond acceptors (Lipinski definition) is 4. The maximum atomic E-state index is 13.1. The number of rotatable bonds is 5. The highest BCUT2D eigenvalue weighted by molar-refractivity contribution is 5.57. The number of nitrogens with zero attached hydrogens (tertiary/aromatic N) is 2. The van der Waals surface area contributed by atoms with Crippen molar-refractivity contribution >= 4 is 5.69 Å². The lowest BCUT2D eigenvalue weighted by Gasteiger charge is -2.14. The lowest BCUT2D eigenvalue weighted by atomic mass is 10.2. The number of ether oxygens (including phenoxy) is 1. The molecule has 1 heterocycles. The van der Waals surface area contributed by atoms with E-state index < -0.39 is 5.82 Å². The van der Waals surface area contributed by atoms with Crippen molar-refractivity contribution in [1.29, 1.82) is 5.26 Å². The van der Waals surface area contributed by atoms with E-state index in [1.807, 2.05) is 32.0 Å². The molecule has 0 saturated carbocycles. The number of anilines is 1. The first-order chi connectivity index (χ1) is 10.1. The van der Waals surface area contributed by atoms with Crippen LogP contribution in [0.25, 0.3) is 0 Å². The number of nitrogens with one attached hydrogen (secondary N) is 1. The molecular formula is C16H16FN3O. The van der Waals surface area contributed by atoms with Crippen molar-refractivity contribution < 1.29 is 9.13 Å². The highest BCUT2D eigenvalue weighted by atomic mass is 19.1. The van der Waals surface area contributed by atoms with Gasteiger partial charge in [0.25, 0.3) is 0 Å². The molecular weight excluding hydrogens is 269 g/mol. The average Bonchev–Trinajstić information content (AvgIpc) is 2.46. The van der Waals surface area contributed by atoms with E-state index in [0.717, 1.165) is 5.56 Å². The molecule has 0 unspecified atom stereocenters. The molecule has 0 bridgehead atoms. The van der Waals surface area contributed by atoms with Crippen molar-refractivity contribution in [2.24, 2.45) is 0 Å². The van der Waals surface area contributed by atoms with Gasteiger partial charge in [0.15, 0.2) is 0 Å². The summed E-state index contributed by atoms with van der Waals surface area (Å²) in [5.74, 6) is 0.128. The fourth-order valence-electron chi connectivity index (χ4n) is 1.84. The molecule has 0 saturated heterocycles. The van der Waals surface area contributed by atoms with Crippen molar-refractivity contribution in [1.82, 2.24) is 4.98 Å². The highest BCUT2D eigenvalue weighted by Gasteiger charge is 2.08. The number of halogens is 1. The SMILES string of the molecule is CC(C)Oc1ncccc1CNc1ccc(F)cc1C#N. The Morgan fingerprint density at radius 1 is 1.38 bits per heavy atom. The predicted octanol–water partition coefficient (Wildman–Crippen LogP) is 3.49. The van der Waals surface area contributed by atoms with Crippen LogP contribution in [0.1, 0.15) is 25.0 Å². The molecule has 0 aliphatic heterocycles. The molecule has 108 valence electrons. The molecule has 4 nitrogen and oxygen atoms in total. The second-order valence-corrected chi connectivity index (χ2v) is 4.79. The minimum absolute atomic E-state index is 0.0270. The summed E-state index contributed by atoms with van der Waals surface area (Å²) in [6.07, 6.45) is 1.69. The first kappa shape index (κ1) is 14.8. The van der Waals surface area contributed by atoms with Crippen LogP contribution in [-0.4, -0.2) is 11.1 Å². The topological polar surface area (TPSA) is 57.9 Å². The molecule has 1 aromatic heterocycles. The zero-order valence-corrected chi connectivity index (χ0v) is 11.9. The van der Waals surface area contributed by atoms with Crippen molar-refractivity contribution in [2.75, 3.05) is 5.32 Å². The third kappa shape index (κ3) is 3.93. The molecule has 1 aromatic carbocycles. The first-order valence-corrected chi connectivity index (χ1v) is 6.64. The first-order valence-electron chi connectivity index (χ1n) is 6.64. The minimum Gasteiger partial charge on any atom is -0.475 e. The zero-order chi connectivity index (χ0) is 15.2. The minimum atomic E-state index is -0.428. The van der Waals surface area contributed by atoms with Gasteiger partial charge in [-0.25, -0.2) is 9.37 Å². The number of pyridine rings is 1. The van der Waals surface area contributed by atoms with E-state index in [0.29, 0.717) is 18.1 Å². The molecule has 0 fully saturated rings. The quantitative estimate of drug-likeness (QED) is 0.913. The summed E-state index contributed by atoms with van der Waals surface area (Å²) >= 11 is 0. The lowest BCUT2D eigenvalue weighted by molar-refractivity contribution is 0.230. The Labute approximate surface area is 123 Å². The smallest absolute Gasteiger partial charge is 0.218 e. The molecule has 0 amide bonds. The van der Waals surface area contributed by atoms with Gasteiger partial charge >= 0.3 is 0 Å². The van der Waals surface area contributed by atoms with Gasteiger partial charge in [0.05, 0.1) is 17.4 Å². The van der Waals surface area contributed by atoms with Gasteiger partial charge in [-0.05, 0) is 38.1 Å². The normalized spacial score (nSPS) is 10.2. The summed E-state index contributed by atoms with van der Waals surface area (Å²) in [7, 11) is 0. The van der Waals surface area contributed by atoms with Gasteiger partial charge in [-0.15, -0.1) is 0 Å².